The minimum Gasteiger partial charge on any atom is -0.469 e. The van der Waals surface area contributed by atoms with Crippen molar-refractivity contribution in [3.05, 3.63) is 48.0 Å². The molecule has 1 amide bonds. The first-order valence-electron chi connectivity index (χ1n) is 11.8. The number of ether oxygens (including phenoxy) is 1. The van der Waals surface area contributed by atoms with E-state index in [9.17, 15) is 14.7 Å². The highest BCUT2D eigenvalue weighted by Gasteiger charge is 2.28. The summed E-state index contributed by atoms with van der Waals surface area (Å²) >= 11 is 0. The fourth-order valence-corrected chi connectivity index (χ4v) is 4.13. The van der Waals surface area contributed by atoms with Crippen LogP contribution in [0.15, 0.2) is 42.5 Å². The molecule has 1 aliphatic heterocycles. The normalized spacial score (nSPS) is 18.5. The van der Waals surface area contributed by atoms with Crippen molar-refractivity contribution in [2.24, 2.45) is 5.92 Å². The summed E-state index contributed by atoms with van der Waals surface area (Å²) in [5.74, 6) is 0.239. The molecule has 0 bridgehead atoms. The number of esters is 1. The van der Waals surface area contributed by atoms with E-state index in [0.29, 0.717) is 12.8 Å². The Labute approximate surface area is 187 Å². The molecule has 1 saturated heterocycles. The zero-order chi connectivity index (χ0) is 22.5. The zero-order valence-corrected chi connectivity index (χ0v) is 19.2. The molecule has 2 unspecified atom stereocenters. The lowest BCUT2D eigenvalue weighted by Crippen LogP contribution is -2.33. The van der Waals surface area contributed by atoms with Gasteiger partial charge >= 0.3 is 5.97 Å². The maximum Gasteiger partial charge on any atom is 0.305 e. The molecule has 0 saturated carbocycles. The molecule has 1 N–H and O–H groups in total. The number of hydrogen-bond donors (Lipinski definition) is 1. The summed E-state index contributed by atoms with van der Waals surface area (Å²) < 4.78 is 4.65. The number of aliphatic hydroxyl groups excluding tert-OH is 1. The molecule has 0 aromatic heterocycles. The number of carbonyl (C=O) groups is 2. The molecule has 3 atom stereocenters. The molecule has 1 aromatic rings. The van der Waals surface area contributed by atoms with Gasteiger partial charge < -0.3 is 14.7 Å². The number of amides is 1. The quantitative estimate of drug-likeness (QED) is 0.265. The van der Waals surface area contributed by atoms with E-state index in [2.05, 4.69) is 35.9 Å². The van der Waals surface area contributed by atoms with E-state index in [1.165, 1.54) is 12.7 Å². The maximum absolute atomic E-state index is 12.3. The molecule has 172 valence electrons. The van der Waals surface area contributed by atoms with Crippen molar-refractivity contribution in [2.75, 3.05) is 13.7 Å². The molecule has 2 rings (SSSR count). The van der Waals surface area contributed by atoms with Crippen molar-refractivity contribution in [1.29, 1.82) is 0 Å². The number of aryl methyl sites for hydroxylation is 1. The zero-order valence-electron chi connectivity index (χ0n) is 19.2. The molecule has 1 aliphatic rings. The number of rotatable bonds is 14. The van der Waals surface area contributed by atoms with Crippen molar-refractivity contribution in [3.63, 3.8) is 0 Å². The smallest absolute Gasteiger partial charge is 0.305 e. The fraction of sp³-hybridized carbons (Fsp3) is 0.615. The molecule has 1 heterocycles. The van der Waals surface area contributed by atoms with Crippen molar-refractivity contribution in [3.8, 4) is 0 Å². The highest BCUT2D eigenvalue weighted by molar-refractivity contribution is 5.79. The Morgan fingerprint density at radius 1 is 1.19 bits per heavy atom. The van der Waals surface area contributed by atoms with Gasteiger partial charge in [-0.3, -0.25) is 9.59 Å². The number of methoxy groups -OCH3 is 1. The highest BCUT2D eigenvalue weighted by atomic mass is 16.5. The van der Waals surface area contributed by atoms with Gasteiger partial charge in [0.15, 0.2) is 0 Å². The van der Waals surface area contributed by atoms with Crippen LogP contribution in [-0.2, 0) is 20.7 Å². The monoisotopic (exact) mass is 429 g/mol. The Hall–Kier alpha value is -2.14. The Morgan fingerprint density at radius 2 is 1.94 bits per heavy atom. The minimum absolute atomic E-state index is 0.0914. The standard InChI is InChI=1S/C26H39NO4/c1-21(11-10-14-22-12-6-5-7-13-22)24(28)18-16-23-17-19-25(29)27(23)20-9-4-3-8-15-26(30)31-2/h5-7,12-13,16,18,21,23-24,28H,3-4,8-11,14-15,17,19-20H2,1-2H3/t21?,23-,24?/m0/s1. The first kappa shape index (κ1) is 25.1. The van der Waals surface area contributed by atoms with Gasteiger partial charge in [-0.15, -0.1) is 0 Å². The SMILES string of the molecule is COC(=O)CCCCCCN1C(=O)CC[C@@H]1C=CC(O)C(C)CCCc1ccccc1. The second-order valence-electron chi connectivity index (χ2n) is 8.66. The first-order valence-corrected chi connectivity index (χ1v) is 11.8. The Kier molecular flexibility index (Phi) is 11.4. The predicted octanol–water partition coefficient (Wildman–Crippen LogP) is 4.68. The van der Waals surface area contributed by atoms with Gasteiger partial charge in [0.05, 0.1) is 19.3 Å². The summed E-state index contributed by atoms with van der Waals surface area (Å²) in [6.07, 6.45) is 12.1. The van der Waals surface area contributed by atoms with E-state index >= 15 is 0 Å². The van der Waals surface area contributed by atoms with Crippen LogP contribution in [0.4, 0.5) is 0 Å². The van der Waals surface area contributed by atoms with Crippen molar-refractivity contribution < 1.29 is 19.4 Å². The average Bonchev–Trinajstić information content (AvgIpc) is 3.14. The second kappa shape index (κ2) is 14.0. The number of carbonyl (C=O) groups excluding carboxylic acids is 2. The molecule has 31 heavy (non-hydrogen) atoms. The van der Waals surface area contributed by atoms with E-state index in [-0.39, 0.29) is 23.8 Å². The molecule has 0 spiro atoms. The van der Waals surface area contributed by atoms with Crippen LogP contribution in [0.25, 0.3) is 0 Å². The third kappa shape index (κ3) is 9.26. The van der Waals surface area contributed by atoms with Gasteiger partial charge in [-0.2, -0.15) is 0 Å². The summed E-state index contributed by atoms with van der Waals surface area (Å²) in [7, 11) is 1.41. The molecule has 5 nitrogen and oxygen atoms in total. The van der Waals surface area contributed by atoms with Crippen LogP contribution in [0.2, 0.25) is 0 Å². The van der Waals surface area contributed by atoms with Crippen LogP contribution in [0, 0.1) is 5.92 Å². The highest BCUT2D eigenvalue weighted by Crippen LogP contribution is 2.22. The van der Waals surface area contributed by atoms with E-state index in [1.807, 2.05) is 23.1 Å². The molecule has 0 radical (unpaired) electrons. The van der Waals surface area contributed by atoms with E-state index in [4.69, 9.17) is 0 Å². The van der Waals surface area contributed by atoms with Crippen molar-refractivity contribution >= 4 is 11.9 Å². The van der Waals surface area contributed by atoms with Crippen LogP contribution in [0.1, 0.15) is 70.3 Å². The molecule has 5 heteroatoms. The van der Waals surface area contributed by atoms with Crippen LogP contribution < -0.4 is 0 Å². The first-order chi connectivity index (χ1) is 15.0. The number of likely N-dealkylation sites (tertiary alicyclic amines) is 1. The van der Waals surface area contributed by atoms with Gasteiger partial charge in [0.25, 0.3) is 0 Å². The van der Waals surface area contributed by atoms with Gasteiger partial charge in [0, 0.05) is 19.4 Å². The summed E-state index contributed by atoms with van der Waals surface area (Å²) in [6.45, 7) is 2.83. The topological polar surface area (TPSA) is 66.8 Å². The summed E-state index contributed by atoms with van der Waals surface area (Å²) in [4.78, 5) is 25.3. The maximum atomic E-state index is 12.3. The minimum atomic E-state index is -0.480. The van der Waals surface area contributed by atoms with Crippen LogP contribution >= 0.6 is 0 Å². The van der Waals surface area contributed by atoms with Crippen molar-refractivity contribution in [1.82, 2.24) is 4.90 Å². The molecular formula is C26H39NO4. The average molecular weight is 430 g/mol. The fourth-order valence-electron chi connectivity index (χ4n) is 4.13. The summed E-state index contributed by atoms with van der Waals surface area (Å²) in [5, 5.41) is 10.5. The van der Waals surface area contributed by atoms with Crippen LogP contribution in [0.5, 0.6) is 0 Å². The predicted molar refractivity (Wildman–Crippen MR) is 124 cm³/mol. The Morgan fingerprint density at radius 3 is 2.68 bits per heavy atom. The number of hydrogen-bond acceptors (Lipinski definition) is 4. The molecule has 1 aromatic carbocycles. The molecule has 1 fully saturated rings. The van der Waals surface area contributed by atoms with Gasteiger partial charge in [-0.05, 0) is 50.0 Å². The number of aliphatic hydroxyl groups is 1. The van der Waals surface area contributed by atoms with E-state index in [1.54, 1.807) is 0 Å². The molecule has 0 aliphatic carbocycles. The lowest BCUT2D eigenvalue weighted by molar-refractivity contribution is -0.140. The lowest BCUT2D eigenvalue weighted by atomic mass is 9.95. The Bertz CT molecular complexity index is 688. The largest absolute Gasteiger partial charge is 0.469 e. The lowest BCUT2D eigenvalue weighted by Gasteiger charge is -2.23. The van der Waals surface area contributed by atoms with Gasteiger partial charge in [0.1, 0.15) is 0 Å². The summed E-state index contributed by atoms with van der Waals surface area (Å²) in [5.41, 5.74) is 1.34. The van der Waals surface area contributed by atoms with Crippen molar-refractivity contribution in [2.45, 2.75) is 83.3 Å². The summed E-state index contributed by atoms with van der Waals surface area (Å²) in [6, 6.07) is 10.5. The number of unbranched alkanes of at least 4 members (excludes halogenated alkanes) is 3. The third-order valence-electron chi connectivity index (χ3n) is 6.21. The Balaban J connectivity index is 1.68. The van der Waals surface area contributed by atoms with Gasteiger partial charge in [-0.1, -0.05) is 62.2 Å². The van der Waals surface area contributed by atoms with E-state index < -0.39 is 6.10 Å². The third-order valence-corrected chi connectivity index (χ3v) is 6.21. The molecular weight excluding hydrogens is 390 g/mol. The van der Waals surface area contributed by atoms with E-state index in [0.717, 1.165) is 57.9 Å². The van der Waals surface area contributed by atoms with Gasteiger partial charge in [0.2, 0.25) is 5.91 Å². The van der Waals surface area contributed by atoms with Crippen LogP contribution in [0.3, 0.4) is 0 Å². The van der Waals surface area contributed by atoms with Crippen LogP contribution in [-0.4, -0.2) is 47.7 Å². The number of nitrogens with zero attached hydrogens (tertiary/aromatic N) is 1. The number of benzene rings is 1. The second-order valence-corrected chi connectivity index (χ2v) is 8.66. The van der Waals surface area contributed by atoms with Gasteiger partial charge in [-0.25, -0.2) is 0 Å².